The van der Waals surface area contributed by atoms with E-state index < -0.39 is 5.97 Å². The molecular weight excluding hydrogens is 178 g/mol. The maximum atomic E-state index is 10.2. The Hall–Kier alpha value is -1.89. The van der Waals surface area contributed by atoms with Crippen molar-refractivity contribution in [3.63, 3.8) is 0 Å². The molecule has 0 aliphatic rings. The lowest BCUT2D eigenvalue weighted by Crippen LogP contribution is -2.14. The first-order valence-corrected chi connectivity index (χ1v) is 3.26. The van der Waals surface area contributed by atoms with Crippen LogP contribution in [0.2, 0.25) is 0 Å². The Bertz CT molecular complexity index is 314. The lowest BCUT2D eigenvalue weighted by Gasteiger charge is -1.76. The van der Waals surface area contributed by atoms with Gasteiger partial charge in [0.15, 0.2) is 0 Å². The topological polar surface area (TPSA) is 129 Å². The molecule has 0 atom stereocenters. The van der Waals surface area contributed by atoms with Crippen LogP contribution in [-0.2, 0) is 4.79 Å². The Balaban J connectivity index is 0.000000252. The molecule has 1 aromatic heterocycles. The quantitative estimate of drug-likeness (QED) is 0.407. The summed E-state index contributed by atoms with van der Waals surface area (Å²) in [7, 11) is 0. The molecule has 0 fully saturated rings. The number of carbonyl (C=O) groups is 1. The Morgan fingerprint density at radius 1 is 1.31 bits per heavy atom. The van der Waals surface area contributed by atoms with Gasteiger partial charge in [0.05, 0.1) is 6.54 Å². The van der Waals surface area contributed by atoms with Crippen LogP contribution in [0.3, 0.4) is 0 Å². The minimum absolute atomic E-state index is 0.278. The van der Waals surface area contributed by atoms with Crippen molar-refractivity contribution in [1.29, 1.82) is 0 Å². The standard InChI is InChI=1S/C4H4N2O2.C2H5NO2/c7-3-1-2-4(8)6-5-3;3-1-2(4)5/h1-2H,(H,5,7)(H,6,8);1,3H2,(H,4,5). The second-order valence-corrected chi connectivity index (χ2v) is 1.91. The van der Waals surface area contributed by atoms with Crippen molar-refractivity contribution in [2.45, 2.75) is 0 Å². The first-order chi connectivity index (χ1) is 6.06. The molecule has 0 aliphatic carbocycles. The van der Waals surface area contributed by atoms with Gasteiger partial charge in [-0.25, -0.2) is 0 Å². The summed E-state index contributed by atoms with van der Waals surface area (Å²) in [6.07, 6.45) is 0. The number of carboxylic acid groups (broad SMARTS) is 1. The number of nitrogens with two attached hydrogens (primary N) is 1. The number of H-pyrrole nitrogens is 2. The van der Waals surface area contributed by atoms with E-state index in [1.807, 2.05) is 0 Å². The monoisotopic (exact) mass is 187 g/mol. The van der Waals surface area contributed by atoms with Crippen LogP contribution >= 0.6 is 0 Å². The molecule has 1 heterocycles. The smallest absolute Gasteiger partial charge is 0.317 e. The fourth-order valence-electron chi connectivity index (χ4n) is 0.358. The maximum absolute atomic E-state index is 10.2. The highest BCUT2D eigenvalue weighted by molar-refractivity contribution is 5.68. The van der Waals surface area contributed by atoms with Crippen LogP contribution in [-0.4, -0.2) is 27.8 Å². The zero-order valence-electron chi connectivity index (χ0n) is 6.61. The number of hydrogen-bond acceptors (Lipinski definition) is 4. The van der Waals surface area contributed by atoms with Gasteiger partial charge in [0, 0.05) is 12.1 Å². The van der Waals surface area contributed by atoms with E-state index in [1.165, 1.54) is 12.1 Å². The molecule has 0 saturated carbocycles. The van der Waals surface area contributed by atoms with Crippen LogP contribution in [0.5, 0.6) is 0 Å². The van der Waals surface area contributed by atoms with Crippen molar-refractivity contribution in [3.8, 4) is 0 Å². The molecule has 72 valence electrons. The second kappa shape index (κ2) is 5.72. The summed E-state index contributed by atoms with van der Waals surface area (Å²) in [5.41, 5.74) is 3.97. The third kappa shape index (κ3) is 6.51. The molecule has 0 unspecified atom stereocenters. The van der Waals surface area contributed by atoms with Crippen LogP contribution < -0.4 is 16.9 Å². The Morgan fingerprint density at radius 2 is 1.62 bits per heavy atom. The summed E-state index contributed by atoms with van der Waals surface area (Å²) >= 11 is 0. The summed E-state index contributed by atoms with van der Waals surface area (Å²) < 4.78 is 0. The lowest BCUT2D eigenvalue weighted by molar-refractivity contribution is -0.135. The molecule has 7 nitrogen and oxygen atoms in total. The predicted molar refractivity (Wildman–Crippen MR) is 44.4 cm³/mol. The highest BCUT2D eigenvalue weighted by Gasteiger charge is 1.81. The highest BCUT2D eigenvalue weighted by Crippen LogP contribution is 1.50. The molecular formula is C6H9N3O4. The number of nitrogens with one attached hydrogen (secondary N) is 2. The van der Waals surface area contributed by atoms with Crippen molar-refractivity contribution in [2.75, 3.05) is 6.54 Å². The average molecular weight is 187 g/mol. The number of hydrogen-bond donors (Lipinski definition) is 4. The van der Waals surface area contributed by atoms with Crippen LogP contribution in [0.4, 0.5) is 0 Å². The van der Waals surface area contributed by atoms with Crippen LogP contribution in [0, 0.1) is 0 Å². The van der Waals surface area contributed by atoms with E-state index in [4.69, 9.17) is 5.11 Å². The van der Waals surface area contributed by atoms with E-state index in [0.717, 1.165) is 0 Å². The second-order valence-electron chi connectivity index (χ2n) is 1.91. The first kappa shape index (κ1) is 11.1. The molecule has 0 aliphatic heterocycles. The Kier molecular flexibility index (Phi) is 4.89. The first-order valence-electron chi connectivity index (χ1n) is 3.26. The Morgan fingerprint density at radius 3 is 1.77 bits per heavy atom. The molecule has 0 aromatic carbocycles. The lowest BCUT2D eigenvalue weighted by atomic mass is 10.6. The summed E-state index contributed by atoms with van der Waals surface area (Å²) in [6.45, 7) is -0.278. The van der Waals surface area contributed by atoms with Crippen LogP contribution in [0.15, 0.2) is 21.7 Å². The van der Waals surface area contributed by atoms with Crippen molar-refractivity contribution in [1.82, 2.24) is 10.2 Å². The van der Waals surface area contributed by atoms with E-state index in [0.29, 0.717) is 0 Å². The summed E-state index contributed by atoms with van der Waals surface area (Å²) in [4.78, 5) is 29.6. The zero-order valence-corrected chi connectivity index (χ0v) is 6.61. The van der Waals surface area contributed by atoms with E-state index >= 15 is 0 Å². The molecule has 5 N–H and O–H groups in total. The van der Waals surface area contributed by atoms with Gasteiger partial charge in [0.2, 0.25) is 0 Å². The minimum Gasteiger partial charge on any atom is -0.480 e. The predicted octanol–water partition coefficient (Wildman–Crippen LogP) is -1.91. The van der Waals surface area contributed by atoms with Crippen molar-refractivity contribution >= 4 is 5.97 Å². The average Bonchev–Trinajstić information content (AvgIpc) is 2.11. The fourth-order valence-corrected chi connectivity index (χ4v) is 0.358. The third-order valence-corrected chi connectivity index (χ3v) is 0.870. The fraction of sp³-hybridized carbons (Fsp3) is 0.167. The molecule has 0 amide bonds. The molecule has 0 spiro atoms. The zero-order chi connectivity index (χ0) is 10.3. The van der Waals surface area contributed by atoms with Crippen molar-refractivity contribution in [2.24, 2.45) is 5.73 Å². The molecule has 7 heteroatoms. The number of aliphatic carboxylic acids is 1. The SMILES string of the molecule is NCC(=O)O.O=c1ccc(=O)[nH][nH]1. The largest absolute Gasteiger partial charge is 0.480 e. The highest BCUT2D eigenvalue weighted by atomic mass is 16.4. The molecule has 0 saturated heterocycles. The van der Waals surface area contributed by atoms with Crippen molar-refractivity contribution < 1.29 is 9.90 Å². The van der Waals surface area contributed by atoms with Gasteiger partial charge in [0.1, 0.15) is 0 Å². The third-order valence-electron chi connectivity index (χ3n) is 0.870. The van der Waals surface area contributed by atoms with E-state index in [-0.39, 0.29) is 17.7 Å². The summed E-state index contributed by atoms with van der Waals surface area (Å²) in [6, 6.07) is 2.33. The number of rotatable bonds is 1. The molecule has 1 rings (SSSR count). The van der Waals surface area contributed by atoms with Gasteiger partial charge < -0.3 is 10.8 Å². The number of aromatic nitrogens is 2. The number of aromatic amines is 2. The van der Waals surface area contributed by atoms with E-state index in [1.54, 1.807) is 0 Å². The molecule has 0 bridgehead atoms. The molecule has 13 heavy (non-hydrogen) atoms. The minimum atomic E-state index is -0.968. The van der Waals surface area contributed by atoms with Gasteiger partial charge in [-0.1, -0.05) is 0 Å². The molecule has 0 radical (unpaired) electrons. The number of carboxylic acids is 1. The van der Waals surface area contributed by atoms with Gasteiger partial charge >= 0.3 is 5.97 Å². The molecule has 1 aromatic rings. The van der Waals surface area contributed by atoms with Gasteiger partial charge in [-0.2, -0.15) is 0 Å². The van der Waals surface area contributed by atoms with E-state index in [9.17, 15) is 14.4 Å². The summed E-state index contributed by atoms with van der Waals surface area (Å²) in [5, 5.41) is 11.8. The van der Waals surface area contributed by atoms with Gasteiger partial charge in [0.25, 0.3) is 11.1 Å². The van der Waals surface area contributed by atoms with Crippen LogP contribution in [0.25, 0.3) is 0 Å². The summed E-state index contributed by atoms with van der Waals surface area (Å²) in [5.74, 6) is -0.968. The normalized spacial score (nSPS) is 8.38. The van der Waals surface area contributed by atoms with Gasteiger partial charge in [-0.05, 0) is 0 Å². The van der Waals surface area contributed by atoms with Gasteiger partial charge in [-0.15, -0.1) is 0 Å². The maximum Gasteiger partial charge on any atom is 0.317 e. The Labute approximate surface area is 72.2 Å². The van der Waals surface area contributed by atoms with Gasteiger partial charge in [-0.3, -0.25) is 24.6 Å². The van der Waals surface area contributed by atoms with Crippen LogP contribution in [0.1, 0.15) is 0 Å². The van der Waals surface area contributed by atoms with Crippen molar-refractivity contribution in [3.05, 3.63) is 32.8 Å². The van der Waals surface area contributed by atoms with E-state index in [2.05, 4.69) is 15.9 Å².